The van der Waals surface area contributed by atoms with Gasteiger partial charge in [-0.05, 0) is 241 Å². The highest BCUT2D eigenvalue weighted by Crippen LogP contribution is 2.36. The van der Waals surface area contributed by atoms with Crippen LogP contribution in [0.1, 0.15) is 108 Å². The zero-order valence-electron chi connectivity index (χ0n) is 69.1. The monoisotopic (exact) mass is 2040 g/mol. The highest BCUT2D eigenvalue weighted by molar-refractivity contribution is 14.1. The first-order valence-electron chi connectivity index (χ1n) is 37.0. The van der Waals surface area contributed by atoms with Crippen molar-refractivity contribution in [1.29, 1.82) is 10.5 Å². The van der Waals surface area contributed by atoms with Crippen LogP contribution in [0.15, 0.2) is 228 Å². The van der Waals surface area contributed by atoms with Crippen LogP contribution >= 0.6 is 54.5 Å². The number of nitrogen functional groups attached to an aromatic ring is 1. The Morgan fingerprint density at radius 2 is 0.706 bits per heavy atom. The molecule has 656 valence electrons. The third-order valence-corrected chi connectivity index (χ3v) is 26.6. The Kier molecular flexibility index (Phi) is 32.9. The molecular weight excluding hydrogens is 1960 g/mol. The molecule has 0 unspecified atom stereocenters. The summed E-state index contributed by atoms with van der Waals surface area (Å²) in [5.74, 6) is -6.95. The fraction of sp³-hybridized carbons (Fsp3) is 0.180. The zero-order chi connectivity index (χ0) is 93.7. The molecule has 0 bridgehead atoms. The molecule has 4 aromatic heterocycles. The van der Waals surface area contributed by atoms with Gasteiger partial charge in [0.15, 0.2) is 5.78 Å². The van der Waals surface area contributed by atoms with E-state index in [1.54, 1.807) is 88.6 Å². The lowest BCUT2D eigenvalue weighted by Gasteiger charge is -2.13. The van der Waals surface area contributed by atoms with Gasteiger partial charge >= 0.3 is 11.9 Å². The second-order valence-electron chi connectivity index (χ2n) is 28.3. The number of methoxy groups -OCH3 is 2. The molecule has 25 nitrogen and oxygen atoms in total. The number of anilines is 1. The van der Waals surface area contributed by atoms with Crippen molar-refractivity contribution in [2.45, 2.75) is 93.7 Å². The predicted molar refractivity (Wildman–Crippen MR) is 481 cm³/mol. The molecule has 2 N–H and O–H groups in total. The quantitative estimate of drug-likeness (QED) is 0.0102. The Bertz CT molecular complexity index is 7110. The summed E-state index contributed by atoms with van der Waals surface area (Å²) in [5.41, 5.74) is 8.56. The van der Waals surface area contributed by atoms with E-state index < -0.39 is 93.3 Å². The molecule has 0 fully saturated rings. The summed E-state index contributed by atoms with van der Waals surface area (Å²) in [4.78, 5) is 87.8. The van der Waals surface area contributed by atoms with E-state index in [9.17, 15) is 94.4 Å². The van der Waals surface area contributed by atoms with Gasteiger partial charge in [0.25, 0.3) is 40.1 Å². The smallest absolute Gasteiger partial charge is 0.355 e. The number of nitriles is 2. The van der Waals surface area contributed by atoms with Gasteiger partial charge < -0.3 is 20.1 Å². The van der Waals surface area contributed by atoms with Crippen molar-refractivity contribution in [3.05, 3.63) is 300 Å². The number of rotatable bonds is 21. The number of aromatic nitrogens is 4. The average molecular weight is 2040 g/mol. The topological polar surface area (TPSA) is 371 Å². The van der Waals surface area contributed by atoms with Crippen LogP contribution < -0.4 is 5.73 Å². The Hall–Kier alpha value is -12.1. The number of nitrogens with zero attached hydrogens (tertiary/aromatic N) is 7. The van der Waals surface area contributed by atoms with Gasteiger partial charge in [0.1, 0.15) is 87.3 Å². The number of Topliss-reactive ketones (excluding diaryl/α,β-unsaturated/α-hetero) is 5. The number of hydrogen-bond acceptors (Lipinski definition) is 21. The van der Waals surface area contributed by atoms with E-state index in [4.69, 9.17) is 15.7 Å². The summed E-state index contributed by atoms with van der Waals surface area (Å²) in [6.07, 6.45) is 0.127. The lowest BCUT2D eigenvalue weighted by Crippen LogP contribution is -2.20. The number of benzene rings is 9. The summed E-state index contributed by atoms with van der Waals surface area (Å²) < 4.78 is 190. The maximum absolute atomic E-state index is 14.6. The van der Waals surface area contributed by atoms with Gasteiger partial charge in [0.05, 0.1) is 70.9 Å². The molecule has 0 spiro atoms. The Morgan fingerprint density at radius 3 is 0.992 bits per heavy atom. The Balaban J connectivity index is 0.000000200. The van der Waals surface area contributed by atoms with Crippen LogP contribution in [-0.4, -0.2) is 129 Å². The summed E-state index contributed by atoms with van der Waals surface area (Å²) in [6.45, 7) is 11.2. The molecule has 126 heavy (non-hydrogen) atoms. The number of carbonyl (C=O) groups is 7. The number of esters is 2. The third-order valence-electron chi connectivity index (χ3n) is 18.4. The van der Waals surface area contributed by atoms with E-state index in [1.807, 2.05) is 18.8 Å². The summed E-state index contributed by atoms with van der Waals surface area (Å²) in [7, 11) is -11.3. The molecule has 0 aliphatic rings. The number of alkyl halides is 1. The standard InChI is InChI=1S/C24H22FN3O4S.C21H17FN2O4S.C20H18FNO5S.C17H13BrFNO4S.C6H5BrFN.CH3I/c1-15-5-7-20(8-6-15)33(31,32)28-22-11-17(9-16(2)29)21(25)10-18(22)12-23(28)24(30)19(13-26)14-27(3)4;1-13-3-5-17(6-4-13)29(27,28)24-19-11-15(9-14(2)25)18(22)10-16(19)12-20(24)21(26)7-8-23;1-12-4-6-16(7-5-12)28(25,26)22-18-10-14(8-13(2)23)17(21)9-15(18)11-19(22)20(24)27-3;1-10-3-5-12(6-4-10)25(22,23)20-15-9-13(18)14(19)7-11(15)8-16(20)17(21)24-2;7-5-3-4(9)1-2-6(5)8;1-2/h5-8,10-12,14H,9H2,1-4H3;3-6,10-12H,7,9H2,1-2H3;4-7,9-11H,8H2,1-3H3;3-9H,1-2H3;1-3H,9H2;1H3. The van der Waals surface area contributed by atoms with Crippen molar-refractivity contribution in [2.75, 3.05) is 39.0 Å². The summed E-state index contributed by atoms with van der Waals surface area (Å²) >= 11 is 8.19. The molecule has 0 amide bonds. The predicted octanol–water partition coefficient (Wildman–Crippen LogP) is 17.5. The highest BCUT2D eigenvalue weighted by Gasteiger charge is 2.34. The second kappa shape index (κ2) is 41.8. The lowest BCUT2D eigenvalue weighted by atomic mass is 10.1. The molecule has 0 aliphatic carbocycles. The lowest BCUT2D eigenvalue weighted by molar-refractivity contribution is -0.117. The van der Waals surface area contributed by atoms with E-state index in [1.165, 1.54) is 147 Å². The first-order chi connectivity index (χ1) is 59.2. The fourth-order valence-electron chi connectivity index (χ4n) is 12.5. The summed E-state index contributed by atoms with van der Waals surface area (Å²) in [6, 6.07) is 47.0. The number of ketones is 5. The molecule has 9 aromatic carbocycles. The van der Waals surface area contributed by atoms with Crippen molar-refractivity contribution in [1.82, 2.24) is 20.8 Å². The Labute approximate surface area is 753 Å². The first-order valence-corrected chi connectivity index (χ1v) is 46.5. The van der Waals surface area contributed by atoms with Crippen molar-refractivity contribution >= 4 is 185 Å². The largest absolute Gasteiger partial charge is 0.464 e. The molecule has 0 saturated carbocycles. The highest BCUT2D eigenvalue weighted by atomic mass is 127. The maximum Gasteiger partial charge on any atom is 0.355 e. The van der Waals surface area contributed by atoms with Gasteiger partial charge in [-0.25, -0.2) is 81.1 Å². The number of halogens is 8. The number of ether oxygens (including phenoxy) is 2. The van der Waals surface area contributed by atoms with E-state index in [0.717, 1.165) is 76.6 Å². The van der Waals surface area contributed by atoms with Crippen LogP contribution in [0.4, 0.5) is 27.6 Å². The SMILES string of the molecule is CC(=O)Cc1cc2c(cc1F)cc(C(=O)C(C#N)=CN(C)C)n2S(=O)(=O)c1ccc(C)cc1.CC(=O)Cc1cc2c(cc1F)cc(C(=O)CC#N)n2S(=O)(=O)c1ccc(C)cc1.CI.COC(=O)c1cc2cc(F)c(Br)cc2n1S(=O)(=O)c1ccc(C)cc1.COC(=O)c1cc2cc(F)c(CC(C)=O)cc2n1S(=O)(=O)c1ccc(C)cc1.Nc1ccc(F)c(Br)c1. The molecule has 13 aromatic rings. The third kappa shape index (κ3) is 22.8. The van der Waals surface area contributed by atoms with Crippen molar-refractivity contribution < 1.29 is 98.7 Å². The number of allylic oxidation sites excluding steroid dienone is 1. The Morgan fingerprint density at radius 1 is 0.421 bits per heavy atom. The minimum absolute atomic E-state index is 0.0109. The normalized spacial score (nSPS) is 11.4. The number of aryl methyl sites for hydroxylation is 4. The fourth-order valence-corrected chi connectivity index (χ4v) is 19.2. The molecule has 0 aliphatic heterocycles. The van der Waals surface area contributed by atoms with Gasteiger partial charge in [-0.2, -0.15) is 10.5 Å². The van der Waals surface area contributed by atoms with E-state index in [0.29, 0.717) is 10.2 Å². The van der Waals surface area contributed by atoms with Crippen LogP contribution in [0.2, 0.25) is 0 Å². The van der Waals surface area contributed by atoms with Crippen LogP contribution in [0.25, 0.3) is 43.6 Å². The maximum atomic E-state index is 14.6. The van der Waals surface area contributed by atoms with Crippen LogP contribution in [0, 0.1) is 79.4 Å². The molecule has 4 heterocycles. The van der Waals surface area contributed by atoms with E-state index in [-0.39, 0.29) is 155 Å². The first kappa shape index (κ1) is 99.3. The molecular formula is C89H78Br2F5IN8O17S4. The van der Waals surface area contributed by atoms with E-state index >= 15 is 0 Å². The van der Waals surface area contributed by atoms with Gasteiger partial charge in [0.2, 0.25) is 5.78 Å². The van der Waals surface area contributed by atoms with Crippen molar-refractivity contribution in [3.8, 4) is 12.1 Å². The number of fused-ring (bicyclic) bond motifs is 4. The van der Waals surface area contributed by atoms with Crippen LogP contribution in [0.3, 0.4) is 0 Å². The molecule has 0 saturated heterocycles. The number of carbonyl (C=O) groups excluding carboxylic acids is 7. The minimum atomic E-state index is -4.30. The zero-order valence-corrected chi connectivity index (χ0v) is 77.7. The number of nitrogens with two attached hydrogens (primary N) is 1. The average Bonchev–Trinajstić information content (AvgIpc) is 1.60. The minimum Gasteiger partial charge on any atom is -0.464 e. The van der Waals surface area contributed by atoms with Gasteiger partial charge in [-0.3, -0.25) is 24.0 Å². The van der Waals surface area contributed by atoms with Crippen molar-refractivity contribution in [2.24, 2.45) is 0 Å². The molecule has 13 rings (SSSR count). The van der Waals surface area contributed by atoms with Crippen molar-refractivity contribution in [3.63, 3.8) is 0 Å². The molecule has 0 atom stereocenters. The van der Waals surface area contributed by atoms with E-state index in [2.05, 4.69) is 59.2 Å². The molecule has 37 heteroatoms. The summed E-state index contributed by atoms with van der Waals surface area (Å²) in [5, 5.41) is 19.2. The van der Waals surface area contributed by atoms with Gasteiger partial charge in [0, 0.05) is 66.8 Å². The van der Waals surface area contributed by atoms with Gasteiger partial charge in [-0.1, -0.05) is 93.4 Å². The second-order valence-corrected chi connectivity index (χ2v) is 37.1. The molecule has 0 radical (unpaired) electrons. The van der Waals surface area contributed by atoms with Gasteiger partial charge in [-0.15, -0.1) is 0 Å². The van der Waals surface area contributed by atoms with Crippen LogP contribution in [0.5, 0.6) is 0 Å². The number of hydrogen-bond donors (Lipinski definition) is 1. The van der Waals surface area contributed by atoms with Crippen LogP contribution in [-0.2, 0) is 83.2 Å².